The Labute approximate surface area is 198 Å². The number of para-hydroxylation sites is 3. The Hall–Kier alpha value is -2.75. The minimum atomic E-state index is -0.0312. The minimum Gasteiger partial charge on any atom is -0.482 e. The topological polar surface area (TPSA) is 79.1 Å². The molecule has 8 heteroatoms. The molecule has 0 saturated heterocycles. The molecule has 4 rings (SSSR count). The average molecular weight is 534 g/mol. The Balaban J connectivity index is 0.00000272. The van der Waals surface area contributed by atoms with Gasteiger partial charge in [0.2, 0.25) is 0 Å². The van der Waals surface area contributed by atoms with E-state index in [0.29, 0.717) is 19.0 Å². The van der Waals surface area contributed by atoms with Crippen LogP contribution in [-0.2, 0) is 4.79 Å². The first kappa shape index (κ1) is 22.9. The van der Waals surface area contributed by atoms with Gasteiger partial charge in [0.1, 0.15) is 17.1 Å². The van der Waals surface area contributed by atoms with Gasteiger partial charge in [-0.1, -0.05) is 30.3 Å². The number of fused-ring (bicyclic) bond motifs is 2. The molecular weight excluding hydrogens is 507 g/mol. The van der Waals surface area contributed by atoms with Gasteiger partial charge in [-0.25, -0.2) is 0 Å². The number of furan rings is 1. The predicted molar refractivity (Wildman–Crippen MR) is 133 cm³/mol. The summed E-state index contributed by atoms with van der Waals surface area (Å²) in [6.07, 6.45) is 0.778. The minimum absolute atomic E-state index is 0. The lowest BCUT2D eigenvalue weighted by atomic mass is 10.2. The Kier molecular flexibility index (Phi) is 7.78. The lowest BCUT2D eigenvalue weighted by molar-refractivity contribution is -0.121. The number of aliphatic imine (C=N–C) groups is 1. The van der Waals surface area contributed by atoms with Crippen molar-refractivity contribution in [2.45, 2.75) is 19.4 Å². The van der Waals surface area contributed by atoms with Crippen LogP contribution in [0.1, 0.15) is 25.1 Å². The third kappa shape index (κ3) is 5.30. The monoisotopic (exact) mass is 534 g/mol. The fraction of sp³-hybridized carbons (Fsp3) is 0.304. The molecule has 0 fully saturated rings. The van der Waals surface area contributed by atoms with Crippen LogP contribution in [-0.4, -0.2) is 38.6 Å². The summed E-state index contributed by atoms with van der Waals surface area (Å²) in [4.78, 5) is 18.3. The molecule has 31 heavy (non-hydrogen) atoms. The molecule has 2 aromatic carbocycles. The van der Waals surface area contributed by atoms with Gasteiger partial charge in [-0.2, -0.15) is 0 Å². The fourth-order valence-electron chi connectivity index (χ4n) is 3.53. The van der Waals surface area contributed by atoms with Crippen LogP contribution < -0.4 is 20.3 Å². The van der Waals surface area contributed by atoms with Crippen molar-refractivity contribution in [2.75, 3.05) is 31.6 Å². The third-order valence-electron chi connectivity index (χ3n) is 5.11. The molecular formula is C23H27IN4O3. The predicted octanol–water partition coefficient (Wildman–Crippen LogP) is 4.09. The fourth-order valence-corrected chi connectivity index (χ4v) is 3.53. The van der Waals surface area contributed by atoms with E-state index in [4.69, 9.17) is 9.15 Å². The number of guanidine groups is 1. The molecule has 3 aromatic rings. The van der Waals surface area contributed by atoms with Crippen LogP contribution in [0.15, 0.2) is 64.0 Å². The molecule has 0 radical (unpaired) electrons. The molecule has 1 amide bonds. The molecule has 1 aromatic heterocycles. The van der Waals surface area contributed by atoms with Gasteiger partial charge in [-0.05, 0) is 37.6 Å². The highest BCUT2D eigenvalue weighted by molar-refractivity contribution is 14.0. The highest BCUT2D eigenvalue weighted by Gasteiger charge is 2.24. The summed E-state index contributed by atoms with van der Waals surface area (Å²) in [5.41, 5.74) is 1.70. The smallest absolute Gasteiger partial charge is 0.265 e. The van der Waals surface area contributed by atoms with E-state index in [1.807, 2.05) is 61.5 Å². The second kappa shape index (κ2) is 10.5. The molecule has 2 N–H and O–H groups in total. The molecule has 1 aliphatic heterocycles. The first-order chi connectivity index (χ1) is 14.7. The molecule has 0 aliphatic carbocycles. The van der Waals surface area contributed by atoms with Crippen LogP contribution in [0.2, 0.25) is 0 Å². The number of hydrogen-bond acceptors (Lipinski definition) is 4. The summed E-state index contributed by atoms with van der Waals surface area (Å²) in [6, 6.07) is 17.6. The Morgan fingerprint density at radius 2 is 1.97 bits per heavy atom. The number of ether oxygens (including phenoxy) is 1. The van der Waals surface area contributed by atoms with Crippen LogP contribution in [0.25, 0.3) is 11.0 Å². The Bertz CT molecular complexity index is 1030. The van der Waals surface area contributed by atoms with Crippen LogP contribution in [0, 0.1) is 0 Å². The van der Waals surface area contributed by atoms with Crippen LogP contribution in [0.5, 0.6) is 5.75 Å². The van der Waals surface area contributed by atoms with Crippen molar-refractivity contribution < 1.29 is 13.9 Å². The standard InChI is InChI=1S/C23H26N4O3.HI/c1-16(21-14-17-8-3-5-10-19(17)30-21)26-23(24-2)25-12-7-13-27-18-9-4-6-11-20(18)29-15-22(27)28;/h3-6,8-11,14,16H,7,12-13,15H2,1-2H3,(H2,24,25,26);1H. The first-order valence-electron chi connectivity index (χ1n) is 10.1. The van der Waals surface area contributed by atoms with E-state index in [9.17, 15) is 4.79 Å². The van der Waals surface area contributed by atoms with E-state index in [2.05, 4.69) is 15.6 Å². The zero-order chi connectivity index (χ0) is 20.9. The van der Waals surface area contributed by atoms with E-state index < -0.39 is 0 Å². The highest BCUT2D eigenvalue weighted by Crippen LogP contribution is 2.31. The van der Waals surface area contributed by atoms with Crippen molar-refractivity contribution in [3.8, 4) is 5.75 Å². The molecule has 1 aliphatic rings. The first-order valence-corrected chi connectivity index (χ1v) is 10.1. The normalized spacial score (nSPS) is 14.5. The molecule has 0 spiro atoms. The number of amides is 1. The van der Waals surface area contributed by atoms with E-state index in [1.54, 1.807) is 11.9 Å². The van der Waals surface area contributed by atoms with E-state index in [1.165, 1.54) is 0 Å². The second-order valence-corrected chi connectivity index (χ2v) is 7.21. The number of anilines is 1. The molecule has 1 unspecified atom stereocenters. The van der Waals surface area contributed by atoms with Gasteiger partial charge in [0.25, 0.3) is 5.91 Å². The number of rotatable bonds is 6. The number of hydrogen-bond donors (Lipinski definition) is 2. The van der Waals surface area contributed by atoms with Crippen molar-refractivity contribution >= 4 is 52.5 Å². The lowest BCUT2D eigenvalue weighted by Crippen LogP contribution is -2.42. The zero-order valence-electron chi connectivity index (χ0n) is 17.6. The summed E-state index contributed by atoms with van der Waals surface area (Å²) in [5, 5.41) is 7.74. The van der Waals surface area contributed by atoms with E-state index in [0.717, 1.165) is 34.6 Å². The average Bonchev–Trinajstić information content (AvgIpc) is 3.21. The molecule has 164 valence electrons. The summed E-state index contributed by atoms with van der Waals surface area (Å²) in [6.45, 7) is 3.41. The molecule has 0 saturated carbocycles. The summed E-state index contributed by atoms with van der Waals surface area (Å²) < 4.78 is 11.4. The molecule has 2 heterocycles. The SMILES string of the molecule is CN=C(NCCCN1C(=O)COc2ccccc21)NC(C)c1cc2ccccc2o1.I. The van der Waals surface area contributed by atoms with Gasteiger partial charge in [0.15, 0.2) is 12.6 Å². The maximum Gasteiger partial charge on any atom is 0.265 e. The van der Waals surface area contributed by atoms with Crippen LogP contribution in [0.4, 0.5) is 5.69 Å². The number of nitrogens with zero attached hydrogens (tertiary/aromatic N) is 2. The zero-order valence-corrected chi connectivity index (χ0v) is 20.0. The second-order valence-electron chi connectivity index (χ2n) is 7.21. The van der Waals surface area contributed by atoms with Crippen LogP contribution in [0.3, 0.4) is 0 Å². The van der Waals surface area contributed by atoms with Gasteiger partial charge >= 0.3 is 0 Å². The molecule has 7 nitrogen and oxygen atoms in total. The van der Waals surface area contributed by atoms with Crippen molar-refractivity contribution in [1.29, 1.82) is 0 Å². The number of carbonyl (C=O) groups excluding carboxylic acids is 1. The lowest BCUT2D eigenvalue weighted by Gasteiger charge is -2.29. The Morgan fingerprint density at radius 1 is 1.19 bits per heavy atom. The van der Waals surface area contributed by atoms with E-state index >= 15 is 0 Å². The highest BCUT2D eigenvalue weighted by atomic mass is 127. The van der Waals surface area contributed by atoms with Crippen molar-refractivity contribution in [3.63, 3.8) is 0 Å². The maximum atomic E-state index is 12.3. The van der Waals surface area contributed by atoms with Crippen molar-refractivity contribution in [2.24, 2.45) is 4.99 Å². The van der Waals surface area contributed by atoms with Crippen molar-refractivity contribution in [1.82, 2.24) is 10.6 Å². The summed E-state index contributed by atoms with van der Waals surface area (Å²) in [5.74, 6) is 2.28. The van der Waals surface area contributed by atoms with Gasteiger partial charge in [-0.3, -0.25) is 9.79 Å². The number of carbonyl (C=O) groups is 1. The summed E-state index contributed by atoms with van der Waals surface area (Å²) >= 11 is 0. The van der Waals surface area contributed by atoms with Gasteiger partial charge in [-0.15, -0.1) is 24.0 Å². The maximum absolute atomic E-state index is 12.3. The summed E-state index contributed by atoms with van der Waals surface area (Å²) in [7, 11) is 1.74. The number of benzene rings is 2. The van der Waals surface area contributed by atoms with Crippen LogP contribution >= 0.6 is 24.0 Å². The Morgan fingerprint density at radius 3 is 2.77 bits per heavy atom. The largest absolute Gasteiger partial charge is 0.482 e. The number of nitrogens with one attached hydrogen (secondary N) is 2. The molecule has 0 bridgehead atoms. The van der Waals surface area contributed by atoms with Gasteiger partial charge < -0.3 is 24.7 Å². The quantitative estimate of drug-likeness (QED) is 0.216. The van der Waals surface area contributed by atoms with Gasteiger partial charge in [0.05, 0.1) is 11.7 Å². The molecule has 1 atom stereocenters. The number of halogens is 1. The van der Waals surface area contributed by atoms with E-state index in [-0.39, 0.29) is 42.5 Å². The van der Waals surface area contributed by atoms with Crippen molar-refractivity contribution in [3.05, 3.63) is 60.4 Å². The third-order valence-corrected chi connectivity index (χ3v) is 5.11. The van der Waals surface area contributed by atoms with Gasteiger partial charge in [0, 0.05) is 25.5 Å².